The normalized spacial score (nSPS) is 18.5. The smallest absolute Gasteiger partial charge is 0.330 e. The van der Waals surface area contributed by atoms with Crippen LogP contribution in [-0.2, 0) is 16.0 Å². The number of ether oxygens (including phenoxy) is 2. The summed E-state index contributed by atoms with van der Waals surface area (Å²) in [7, 11) is 3.03. The Morgan fingerprint density at radius 1 is 1.18 bits per heavy atom. The molecule has 0 bridgehead atoms. The molecule has 0 aromatic heterocycles. The molecule has 2 aliphatic rings. The van der Waals surface area contributed by atoms with E-state index in [-0.39, 0.29) is 5.97 Å². The van der Waals surface area contributed by atoms with Crippen molar-refractivity contribution in [3.05, 3.63) is 53.6 Å². The van der Waals surface area contributed by atoms with Gasteiger partial charge in [0.2, 0.25) is 0 Å². The van der Waals surface area contributed by atoms with Gasteiger partial charge >= 0.3 is 5.97 Å². The predicted molar refractivity (Wildman–Crippen MR) is 112 cm³/mol. The maximum absolute atomic E-state index is 11.6. The van der Waals surface area contributed by atoms with E-state index < -0.39 is 0 Å². The Morgan fingerprint density at radius 3 is 2.89 bits per heavy atom. The van der Waals surface area contributed by atoms with Gasteiger partial charge in [-0.2, -0.15) is 0 Å². The third kappa shape index (κ3) is 3.62. The quantitative estimate of drug-likeness (QED) is 0.654. The zero-order valence-electron chi connectivity index (χ0n) is 16.4. The first-order valence-electron chi connectivity index (χ1n) is 9.74. The maximum Gasteiger partial charge on any atom is 0.330 e. The molecule has 1 unspecified atom stereocenters. The minimum Gasteiger partial charge on any atom is -0.497 e. The lowest BCUT2D eigenvalue weighted by Crippen LogP contribution is -2.32. The van der Waals surface area contributed by atoms with E-state index in [1.807, 2.05) is 18.2 Å². The number of nitrogens with zero attached hydrogens (tertiary/aromatic N) is 1. The van der Waals surface area contributed by atoms with Crippen LogP contribution in [-0.4, -0.2) is 45.9 Å². The molecule has 1 saturated heterocycles. The molecule has 1 atom stereocenters. The molecule has 146 valence electrons. The lowest BCUT2D eigenvalue weighted by atomic mass is 9.97. The van der Waals surface area contributed by atoms with Crippen LogP contribution in [0.5, 0.6) is 5.75 Å². The molecule has 2 aromatic rings. The first-order chi connectivity index (χ1) is 13.7. The number of carbonyl (C=O) groups is 1. The van der Waals surface area contributed by atoms with Gasteiger partial charge in [-0.1, -0.05) is 18.2 Å². The summed E-state index contributed by atoms with van der Waals surface area (Å²) in [5.41, 5.74) is 5.90. The minimum atomic E-state index is -0.373. The van der Waals surface area contributed by atoms with Crippen molar-refractivity contribution in [1.82, 2.24) is 5.32 Å². The average Bonchev–Trinajstić information content (AvgIpc) is 2.91. The van der Waals surface area contributed by atoms with Crippen LogP contribution in [0.1, 0.15) is 17.5 Å². The number of benzene rings is 2. The molecule has 0 amide bonds. The summed E-state index contributed by atoms with van der Waals surface area (Å²) in [5, 5.41) is 3.50. The molecule has 2 heterocycles. The van der Waals surface area contributed by atoms with E-state index in [2.05, 4.69) is 28.4 Å². The van der Waals surface area contributed by atoms with Crippen molar-refractivity contribution in [3.8, 4) is 16.9 Å². The lowest BCUT2D eigenvalue weighted by molar-refractivity contribution is -0.134. The van der Waals surface area contributed by atoms with Gasteiger partial charge < -0.3 is 19.7 Å². The van der Waals surface area contributed by atoms with Crippen molar-refractivity contribution in [1.29, 1.82) is 0 Å². The fraction of sp³-hybridized carbons (Fsp3) is 0.348. The molecule has 2 aliphatic heterocycles. The molecule has 0 saturated carbocycles. The van der Waals surface area contributed by atoms with E-state index >= 15 is 0 Å². The van der Waals surface area contributed by atoms with Gasteiger partial charge in [-0.15, -0.1) is 0 Å². The second kappa shape index (κ2) is 8.07. The highest BCUT2D eigenvalue weighted by atomic mass is 16.5. The highest BCUT2D eigenvalue weighted by molar-refractivity contribution is 5.89. The van der Waals surface area contributed by atoms with Crippen LogP contribution in [0, 0.1) is 0 Å². The summed E-state index contributed by atoms with van der Waals surface area (Å²) in [4.78, 5) is 14.1. The third-order valence-electron chi connectivity index (χ3n) is 5.64. The Kier molecular flexibility index (Phi) is 5.35. The molecule has 1 fully saturated rings. The van der Waals surface area contributed by atoms with Gasteiger partial charge in [-0.05, 0) is 65.9 Å². The Labute approximate surface area is 165 Å². The van der Waals surface area contributed by atoms with Gasteiger partial charge in [0.25, 0.3) is 0 Å². The number of carbonyl (C=O) groups excluding carboxylic acids is 1. The van der Waals surface area contributed by atoms with Crippen molar-refractivity contribution in [2.75, 3.05) is 38.8 Å². The van der Waals surface area contributed by atoms with Crippen LogP contribution in [0.15, 0.2) is 42.5 Å². The number of hydrogen-bond acceptors (Lipinski definition) is 5. The Hall–Kier alpha value is -2.79. The lowest BCUT2D eigenvalue weighted by Gasteiger charge is -2.25. The number of nitrogens with one attached hydrogen (secondary N) is 1. The molecule has 28 heavy (non-hydrogen) atoms. The second-order valence-electron chi connectivity index (χ2n) is 7.24. The fourth-order valence-corrected chi connectivity index (χ4v) is 4.18. The topological polar surface area (TPSA) is 50.8 Å². The van der Waals surface area contributed by atoms with E-state index in [0.717, 1.165) is 48.5 Å². The van der Waals surface area contributed by atoms with Gasteiger partial charge in [0.1, 0.15) is 5.75 Å². The summed E-state index contributed by atoms with van der Waals surface area (Å²) < 4.78 is 10.1. The average molecular weight is 378 g/mol. The minimum absolute atomic E-state index is 0.373. The molecule has 1 N–H and O–H groups in total. The van der Waals surface area contributed by atoms with Crippen LogP contribution < -0.4 is 15.0 Å². The van der Waals surface area contributed by atoms with Crippen LogP contribution in [0.25, 0.3) is 17.2 Å². The van der Waals surface area contributed by atoms with Gasteiger partial charge in [0.05, 0.1) is 14.2 Å². The van der Waals surface area contributed by atoms with E-state index in [4.69, 9.17) is 9.47 Å². The first kappa shape index (κ1) is 18.6. The monoisotopic (exact) mass is 378 g/mol. The number of esters is 1. The zero-order valence-corrected chi connectivity index (χ0v) is 16.4. The van der Waals surface area contributed by atoms with Gasteiger partial charge in [0.15, 0.2) is 0 Å². The van der Waals surface area contributed by atoms with E-state index in [1.54, 1.807) is 13.2 Å². The van der Waals surface area contributed by atoms with Crippen LogP contribution >= 0.6 is 0 Å². The molecule has 0 aliphatic carbocycles. The molecule has 5 nitrogen and oxygen atoms in total. The molecule has 0 spiro atoms. The Bertz CT molecular complexity index is 907. The highest BCUT2D eigenvalue weighted by Crippen LogP contribution is 2.38. The van der Waals surface area contributed by atoms with Gasteiger partial charge in [-0.3, -0.25) is 0 Å². The number of anilines is 1. The standard InChI is InChI=1S/C23H26N2O3/c1-27-20-6-7-21(16(14-20)5-8-23(26)28-2)17-3-4-18-13-19-9-10-24-11-12-25(19)22(18)15-17/h3-8,14-15,19,24H,9-13H2,1-2H3/b8-5-. The van der Waals surface area contributed by atoms with Crippen LogP contribution in [0.4, 0.5) is 5.69 Å². The fourth-order valence-electron chi connectivity index (χ4n) is 4.18. The van der Waals surface area contributed by atoms with Crippen LogP contribution in [0.3, 0.4) is 0 Å². The summed E-state index contributed by atoms with van der Waals surface area (Å²) in [6.45, 7) is 3.15. The summed E-state index contributed by atoms with van der Waals surface area (Å²) >= 11 is 0. The predicted octanol–water partition coefficient (Wildman–Crippen LogP) is 3.27. The SMILES string of the molecule is COC(=O)/C=C\c1cc(OC)ccc1-c1ccc2c(c1)N1CCNCCC1C2. The second-order valence-corrected chi connectivity index (χ2v) is 7.24. The molecule has 0 radical (unpaired) electrons. The highest BCUT2D eigenvalue weighted by Gasteiger charge is 2.30. The van der Waals surface area contributed by atoms with E-state index in [1.165, 1.54) is 30.9 Å². The molecule has 2 aromatic carbocycles. The summed E-state index contributed by atoms with van der Waals surface area (Å²) in [6.07, 6.45) is 5.53. The first-order valence-corrected chi connectivity index (χ1v) is 9.74. The number of hydrogen-bond donors (Lipinski definition) is 1. The Morgan fingerprint density at radius 2 is 2.07 bits per heavy atom. The van der Waals surface area contributed by atoms with Gasteiger partial charge in [0, 0.05) is 30.9 Å². The molecular formula is C23H26N2O3. The van der Waals surface area contributed by atoms with E-state index in [9.17, 15) is 4.79 Å². The van der Waals surface area contributed by atoms with Crippen molar-refractivity contribution in [3.63, 3.8) is 0 Å². The van der Waals surface area contributed by atoms with Crippen LogP contribution in [0.2, 0.25) is 0 Å². The Balaban J connectivity index is 1.73. The summed E-state index contributed by atoms with van der Waals surface area (Å²) in [5.74, 6) is 0.385. The van der Waals surface area contributed by atoms with Crippen molar-refractivity contribution < 1.29 is 14.3 Å². The third-order valence-corrected chi connectivity index (χ3v) is 5.64. The van der Waals surface area contributed by atoms with Gasteiger partial charge in [-0.25, -0.2) is 4.79 Å². The molecular weight excluding hydrogens is 352 g/mol. The van der Waals surface area contributed by atoms with Crippen molar-refractivity contribution in [2.24, 2.45) is 0 Å². The number of fused-ring (bicyclic) bond motifs is 3. The molecule has 5 heteroatoms. The van der Waals surface area contributed by atoms with Crippen molar-refractivity contribution >= 4 is 17.7 Å². The number of methoxy groups -OCH3 is 2. The maximum atomic E-state index is 11.6. The van der Waals surface area contributed by atoms with E-state index in [0.29, 0.717) is 6.04 Å². The van der Waals surface area contributed by atoms with Crippen molar-refractivity contribution in [2.45, 2.75) is 18.9 Å². The number of rotatable bonds is 4. The molecule has 4 rings (SSSR count). The zero-order chi connectivity index (χ0) is 19.5. The summed E-state index contributed by atoms with van der Waals surface area (Å²) in [6, 6.07) is 13.3. The largest absolute Gasteiger partial charge is 0.497 e.